The number of carbonyl (C=O) groups excluding carboxylic acids is 1. The monoisotopic (exact) mass is 962 g/mol. The lowest BCUT2D eigenvalue weighted by atomic mass is 10.0. The Morgan fingerprint density at radius 1 is 0.788 bits per heavy atom. The Bertz CT molecular complexity index is 3300. The molecule has 6 aromatic rings. The first-order valence-electron chi connectivity index (χ1n) is 19.7. The number of pyridine rings is 1. The fourth-order valence-corrected chi connectivity index (χ4v) is 10.9. The summed E-state index contributed by atoms with van der Waals surface area (Å²) in [6, 6.07) is 19.6. The summed E-state index contributed by atoms with van der Waals surface area (Å²) in [5, 5.41) is 10.5. The summed E-state index contributed by atoms with van der Waals surface area (Å²) >= 11 is 1.73. The molecule has 334 valence electrons. The van der Waals surface area contributed by atoms with Crippen molar-refractivity contribution in [1.82, 2.24) is 14.4 Å². The van der Waals surface area contributed by atoms with Crippen molar-refractivity contribution in [2.75, 3.05) is 0 Å². The number of rotatable bonds is 13. The summed E-state index contributed by atoms with van der Waals surface area (Å²) in [6.45, 7) is 5.86. The molecule has 1 aliphatic heterocycles. The van der Waals surface area contributed by atoms with Gasteiger partial charge in [-0.25, -0.2) is 30.4 Å². The topological polar surface area (TPSA) is 181 Å². The third-order valence-corrected chi connectivity index (χ3v) is 15.4. The molecule has 0 saturated carbocycles. The van der Waals surface area contributed by atoms with E-state index in [1.165, 1.54) is 91.1 Å². The van der Waals surface area contributed by atoms with Gasteiger partial charge >= 0.3 is 11.9 Å². The number of esters is 1. The predicted molar refractivity (Wildman–Crippen MR) is 249 cm³/mol. The second-order valence-electron chi connectivity index (χ2n) is 14.6. The van der Waals surface area contributed by atoms with E-state index in [0.29, 0.717) is 48.5 Å². The Kier molecular flexibility index (Phi) is 14.6. The first kappa shape index (κ1) is 47.1. The lowest BCUT2D eigenvalue weighted by Crippen LogP contribution is -2.43. The van der Waals surface area contributed by atoms with Crippen LogP contribution in [0.1, 0.15) is 39.8 Å². The van der Waals surface area contributed by atoms with E-state index in [1.54, 1.807) is 30.5 Å². The number of nitrogens with one attached hydrogen (secondary N) is 2. The normalized spacial score (nSPS) is 16.0. The fourth-order valence-electron chi connectivity index (χ4n) is 6.18. The van der Waals surface area contributed by atoms with Gasteiger partial charge < -0.3 is 9.84 Å². The number of aliphatic imine (C=N–C) groups is 1. The Labute approximate surface area is 387 Å². The predicted octanol–water partition coefficient (Wildman–Crippen LogP) is 7.56. The van der Waals surface area contributed by atoms with Crippen LogP contribution in [0.5, 0.6) is 5.75 Å². The molecule has 18 heteroatoms. The number of allylic oxidation sites excluding steroid dienone is 3. The molecule has 66 heavy (non-hydrogen) atoms. The summed E-state index contributed by atoms with van der Waals surface area (Å²) in [6.07, 6.45) is 7.77. The van der Waals surface area contributed by atoms with Crippen LogP contribution in [0.15, 0.2) is 153 Å². The van der Waals surface area contributed by atoms with E-state index in [-0.39, 0.29) is 33.1 Å². The standard InChI is InChI=1S/C48H36F2N4O8S4/c1-30-3-4-31(2)51-28-34(23-30)26-44(54-66(60,61)46-22-20-41(64-46)18-10-33-7-14-38(50)15-8-33)48(57)62-39-16-11-36-24-35(29-52-42(36)27-39)25-43(47(55)56)53-65(58,59)45-21-19-40(63-45)17-9-32-5-12-37(49)13-6-32/h3-8,11-16,19-24,27-29,31,43-44,53-54H,1,25-26H2,2H3,(H,55,56)/b4-3-,34-23-,51-28?/t31?,43-,44-/m1/s1. The molecule has 3 aromatic heterocycles. The summed E-state index contributed by atoms with van der Waals surface area (Å²) in [4.78, 5) is 35.9. The van der Waals surface area contributed by atoms with Crippen molar-refractivity contribution in [2.45, 2.75) is 46.3 Å². The number of ether oxygens (including phenoxy) is 1. The van der Waals surface area contributed by atoms with Gasteiger partial charge in [-0.1, -0.05) is 48.5 Å². The fraction of sp³-hybridized carbons (Fsp3) is 0.125. The summed E-state index contributed by atoms with van der Waals surface area (Å²) in [7, 11) is -8.61. The maximum absolute atomic E-state index is 13.9. The third-order valence-electron chi connectivity index (χ3n) is 9.46. The Hall–Kier alpha value is -6.90. The van der Waals surface area contributed by atoms with Crippen LogP contribution in [0.4, 0.5) is 8.78 Å². The van der Waals surface area contributed by atoms with Gasteiger partial charge in [0.2, 0.25) is 0 Å². The first-order chi connectivity index (χ1) is 31.5. The number of nitrogens with zero attached hydrogens (tertiary/aromatic N) is 2. The Morgan fingerprint density at radius 3 is 1.94 bits per heavy atom. The van der Waals surface area contributed by atoms with Gasteiger partial charge in [0, 0.05) is 47.8 Å². The van der Waals surface area contributed by atoms with E-state index < -0.39 is 55.7 Å². The van der Waals surface area contributed by atoms with Crippen LogP contribution in [0.25, 0.3) is 10.9 Å². The van der Waals surface area contributed by atoms with Crippen LogP contribution in [0.3, 0.4) is 0 Å². The summed E-state index contributed by atoms with van der Waals surface area (Å²) < 4.78 is 90.9. The number of sulfonamides is 2. The lowest BCUT2D eigenvalue weighted by Gasteiger charge is -2.18. The zero-order chi connectivity index (χ0) is 47.0. The second kappa shape index (κ2) is 20.5. The van der Waals surface area contributed by atoms with Crippen molar-refractivity contribution in [2.24, 2.45) is 4.99 Å². The zero-order valence-corrected chi connectivity index (χ0v) is 37.8. The molecule has 1 unspecified atom stereocenters. The van der Waals surface area contributed by atoms with Crippen LogP contribution in [-0.4, -0.2) is 63.2 Å². The summed E-state index contributed by atoms with van der Waals surface area (Å²) in [5.74, 6) is 8.23. The smallest absolute Gasteiger partial charge is 0.329 e. The van der Waals surface area contributed by atoms with Crippen molar-refractivity contribution in [1.29, 1.82) is 0 Å². The van der Waals surface area contributed by atoms with Gasteiger partial charge in [0.15, 0.2) is 0 Å². The molecular weight excluding hydrogens is 927 g/mol. The van der Waals surface area contributed by atoms with Crippen LogP contribution in [0.2, 0.25) is 0 Å². The maximum Gasteiger partial charge on any atom is 0.329 e. The van der Waals surface area contributed by atoms with E-state index in [9.17, 15) is 40.3 Å². The van der Waals surface area contributed by atoms with E-state index in [1.807, 2.05) is 13.0 Å². The molecule has 0 radical (unpaired) electrons. The number of fused-ring (bicyclic) bond motifs is 1. The number of thiophene rings is 2. The number of halogens is 2. The number of carboxylic acids is 1. The molecule has 7 rings (SSSR count). The van der Waals surface area contributed by atoms with E-state index in [4.69, 9.17) is 4.74 Å². The van der Waals surface area contributed by atoms with Gasteiger partial charge in [-0.15, -0.1) is 22.7 Å². The Balaban J connectivity index is 1.06. The molecule has 0 fully saturated rings. The molecule has 0 spiro atoms. The van der Waals surface area contributed by atoms with Gasteiger partial charge in [-0.2, -0.15) is 9.44 Å². The van der Waals surface area contributed by atoms with Crippen LogP contribution < -0.4 is 14.2 Å². The van der Waals surface area contributed by atoms with E-state index in [0.717, 1.165) is 22.7 Å². The minimum Gasteiger partial charge on any atom is -0.480 e. The molecule has 4 heterocycles. The number of benzene rings is 3. The highest BCUT2D eigenvalue weighted by Crippen LogP contribution is 2.26. The number of aromatic nitrogens is 1. The van der Waals surface area contributed by atoms with Crippen molar-refractivity contribution in [3.8, 4) is 29.4 Å². The van der Waals surface area contributed by atoms with Crippen molar-refractivity contribution < 1.29 is 45.0 Å². The largest absolute Gasteiger partial charge is 0.480 e. The molecular formula is C48H36F2N4O8S4. The molecule has 0 bridgehead atoms. The molecule has 0 saturated heterocycles. The molecule has 0 amide bonds. The van der Waals surface area contributed by atoms with E-state index >= 15 is 0 Å². The van der Waals surface area contributed by atoms with Gasteiger partial charge in [-0.3, -0.25) is 14.8 Å². The molecule has 0 aliphatic carbocycles. The highest BCUT2D eigenvalue weighted by molar-refractivity contribution is 7.92. The Morgan fingerprint density at radius 2 is 1.36 bits per heavy atom. The number of carboxylic acid groups (broad SMARTS) is 1. The minimum absolute atomic E-state index is 0.0292. The third kappa shape index (κ3) is 12.7. The van der Waals surface area contributed by atoms with E-state index in [2.05, 4.69) is 49.7 Å². The summed E-state index contributed by atoms with van der Waals surface area (Å²) in [5.41, 5.74) is 2.88. The molecule has 12 nitrogen and oxygen atoms in total. The number of hydrogen-bond acceptors (Lipinski definition) is 11. The van der Waals surface area contributed by atoms with Gasteiger partial charge in [0.25, 0.3) is 20.0 Å². The molecule has 3 atom stereocenters. The number of aliphatic carboxylic acids is 1. The van der Waals surface area contributed by atoms with Crippen LogP contribution in [0, 0.1) is 35.3 Å². The first-order valence-corrected chi connectivity index (χ1v) is 24.3. The zero-order valence-electron chi connectivity index (χ0n) is 34.6. The molecule has 3 N–H and O–H groups in total. The van der Waals surface area contributed by atoms with Gasteiger partial charge in [0.05, 0.1) is 21.3 Å². The van der Waals surface area contributed by atoms with Crippen molar-refractivity contribution >= 4 is 71.8 Å². The number of carbonyl (C=O) groups is 2. The van der Waals surface area contributed by atoms with Crippen LogP contribution in [-0.2, 0) is 36.1 Å². The van der Waals surface area contributed by atoms with Gasteiger partial charge in [0.1, 0.15) is 37.9 Å². The highest BCUT2D eigenvalue weighted by atomic mass is 32.3. The highest BCUT2D eigenvalue weighted by Gasteiger charge is 2.30. The molecule has 3 aromatic carbocycles. The van der Waals surface area contributed by atoms with Crippen LogP contribution >= 0.6 is 22.7 Å². The second-order valence-corrected chi connectivity index (χ2v) is 20.7. The quantitative estimate of drug-likeness (QED) is 0.0598. The maximum atomic E-state index is 13.9. The average molecular weight is 963 g/mol. The average Bonchev–Trinajstić information content (AvgIpc) is 3.98. The lowest BCUT2D eigenvalue weighted by molar-refractivity contribution is -0.139. The molecule has 1 aliphatic rings. The minimum atomic E-state index is -4.32. The SMILES string of the molecule is C=C1/C=C\C(C)N=C/C(C[C@@H](NS(=O)(=O)c2ccc(C#Cc3ccc(F)cc3)s2)C(=O)Oc2ccc3cc(C[C@@H](NS(=O)(=O)c4ccc(C#Cc5ccc(F)cc5)s4)C(=O)O)cnc3c2)=C\1. The van der Waals surface area contributed by atoms with Gasteiger partial charge in [-0.05, 0) is 115 Å². The van der Waals surface area contributed by atoms with Crippen molar-refractivity contribution in [3.63, 3.8) is 0 Å². The number of hydrogen-bond donors (Lipinski definition) is 3. The van der Waals surface area contributed by atoms with Crippen molar-refractivity contribution in [3.05, 3.63) is 177 Å².